The maximum absolute atomic E-state index is 13.3. The van der Waals surface area contributed by atoms with Gasteiger partial charge in [-0.15, -0.1) is 0 Å². The highest BCUT2D eigenvalue weighted by molar-refractivity contribution is 5.91. The van der Waals surface area contributed by atoms with Crippen LogP contribution in [0.1, 0.15) is 56.1 Å². The van der Waals surface area contributed by atoms with Crippen LogP contribution in [0.4, 0.5) is 0 Å². The fourth-order valence-electron chi connectivity index (χ4n) is 5.64. The molecule has 186 valence electrons. The van der Waals surface area contributed by atoms with E-state index in [0.29, 0.717) is 0 Å². The summed E-state index contributed by atoms with van der Waals surface area (Å²) in [5, 5.41) is 0. The van der Waals surface area contributed by atoms with E-state index in [1.807, 2.05) is 98.4 Å². The molecule has 2 N–H and O–H groups in total. The van der Waals surface area contributed by atoms with Crippen LogP contribution in [0.15, 0.2) is 73.1 Å². The van der Waals surface area contributed by atoms with Gasteiger partial charge in [-0.1, -0.05) is 60.7 Å². The number of carbonyl (C=O) groups excluding carboxylic acids is 2. The maximum atomic E-state index is 13.3. The van der Waals surface area contributed by atoms with Gasteiger partial charge in [0.05, 0.1) is 6.10 Å². The molecule has 1 aromatic heterocycles. The lowest BCUT2D eigenvalue weighted by Crippen LogP contribution is -3.00. The van der Waals surface area contributed by atoms with Gasteiger partial charge < -0.3 is 27.5 Å². The molecule has 7 heteroatoms. The normalized spacial score (nSPS) is 17.7. The van der Waals surface area contributed by atoms with E-state index in [1.54, 1.807) is 0 Å². The molecule has 4 rings (SSSR count). The Morgan fingerprint density at radius 3 is 2.14 bits per heavy atom. The summed E-state index contributed by atoms with van der Waals surface area (Å²) in [6.07, 6.45) is 6.46. The molecule has 35 heavy (non-hydrogen) atoms. The zero-order valence-corrected chi connectivity index (χ0v) is 22.1. The number of nitrogens with zero attached hydrogens (tertiary/aromatic N) is 2. The molecule has 0 radical (unpaired) electrons. The molecule has 0 saturated heterocycles. The standard InChI is InChI=1S/C28H33N3O3.BrH/c1-20(2)34-26(32)19-30-16-17-31(21(30)3)25-15-14-24(18-25)28(27(29)33,22-10-6-4-7-11-22)23-12-8-5-9-13-23;/h4-13,16-17,20,24-25H,14-15,18-19H2,1-3H3,(H-,29,33);1H. The van der Waals surface area contributed by atoms with Gasteiger partial charge in [0.25, 0.3) is 5.82 Å². The molecule has 0 aliphatic heterocycles. The molecule has 0 bridgehead atoms. The predicted molar refractivity (Wildman–Crippen MR) is 130 cm³/mol. The van der Waals surface area contributed by atoms with Crippen LogP contribution >= 0.6 is 0 Å². The number of rotatable bonds is 8. The van der Waals surface area contributed by atoms with E-state index < -0.39 is 5.41 Å². The minimum Gasteiger partial charge on any atom is -1.00 e. The summed E-state index contributed by atoms with van der Waals surface area (Å²) in [5.74, 6) is 0.494. The topological polar surface area (TPSA) is 78.2 Å². The SMILES string of the molecule is Cc1n(C2CCC(C(C(N)=O)(c3ccccc3)c3ccccc3)C2)cc[n+]1CC(=O)OC(C)C.[Br-]. The van der Waals surface area contributed by atoms with Crippen molar-refractivity contribution < 1.29 is 35.9 Å². The Morgan fingerprint density at radius 1 is 1.06 bits per heavy atom. The lowest BCUT2D eigenvalue weighted by Gasteiger charge is -2.37. The molecule has 3 aromatic rings. The first kappa shape index (κ1) is 26.7. The molecule has 1 aliphatic rings. The van der Waals surface area contributed by atoms with Gasteiger partial charge in [0.1, 0.15) is 23.9 Å². The maximum Gasteiger partial charge on any atom is 0.348 e. The van der Waals surface area contributed by atoms with Crippen LogP contribution in [-0.2, 0) is 26.3 Å². The number of esters is 1. The Bertz CT molecular complexity index is 1110. The van der Waals surface area contributed by atoms with E-state index in [1.165, 1.54) is 0 Å². The van der Waals surface area contributed by atoms with Crippen molar-refractivity contribution >= 4 is 11.9 Å². The molecule has 1 saturated carbocycles. The summed E-state index contributed by atoms with van der Waals surface area (Å²) in [5.41, 5.74) is 7.21. The molecule has 1 amide bonds. The molecule has 1 aliphatic carbocycles. The van der Waals surface area contributed by atoms with Crippen LogP contribution in [0.2, 0.25) is 0 Å². The van der Waals surface area contributed by atoms with Gasteiger partial charge in [0, 0.05) is 6.92 Å². The fraction of sp³-hybridized carbons (Fsp3) is 0.393. The van der Waals surface area contributed by atoms with Crippen molar-refractivity contribution in [1.82, 2.24) is 4.57 Å². The van der Waals surface area contributed by atoms with Crippen LogP contribution in [-0.4, -0.2) is 22.5 Å². The summed E-state index contributed by atoms with van der Waals surface area (Å²) in [6.45, 7) is 5.91. The van der Waals surface area contributed by atoms with Gasteiger partial charge in [-0.25, -0.2) is 13.9 Å². The van der Waals surface area contributed by atoms with Gasteiger partial charge in [0.15, 0.2) is 6.54 Å². The number of benzene rings is 2. The summed E-state index contributed by atoms with van der Waals surface area (Å²) in [7, 11) is 0. The first-order chi connectivity index (χ1) is 16.3. The Balaban J connectivity index is 0.00000342. The molecule has 0 spiro atoms. The lowest BCUT2D eigenvalue weighted by molar-refractivity contribution is -0.691. The zero-order chi connectivity index (χ0) is 24.3. The molecule has 2 atom stereocenters. The Kier molecular flexibility index (Phi) is 8.54. The van der Waals surface area contributed by atoms with Gasteiger partial charge in [-0.05, 0) is 50.2 Å². The molecule has 2 aromatic carbocycles. The third-order valence-corrected chi connectivity index (χ3v) is 7.12. The molecule has 6 nitrogen and oxygen atoms in total. The lowest BCUT2D eigenvalue weighted by atomic mass is 9.64. The number of amides is 1. The van der Waals surface area contributed by atoms with Crippen LogP contribution in [0, 0.1) is 12.8 Å². The van der Waals surface area contributed by atoms with Gasteiger partial charge >= 0.3 is 5.97 Å². The zero-order valence-electron chi connectivity index (χ0n) is 20.6. The highest BCUT2D eigenvalue weighted by Crippen LogP contribution is 2.49. The summed E-state index contributed by atoms with van der Waals surface area (Å²) < 4.78 is 9.46. The Hall–Kier alpha value is -2.93. The third-order valence-electron chi connectivity index (χ3n) is 7.12. The predicted octanol–water partition coefficient (Wildman–Crippen LogP) is 0.852. The van der Waals surface area contributed by atoms with Crippen LogP contribution in [0.3, 0.4) is 0 Å². The van der Waals surface area contributed by atoms with Crippen LogP contribution in [0.25, 0.3) is 0 Å². The minimum absolute atomic E-state index is 0. The number of ether oxygens (including phenoxy) is 1. The number of nitrogens with two attached hydrogens (primary N) is 1. The first-order valence-corrected chi connectivity index (χ1v) is 12.0. The van der Waals surface area contributed by atoms with Crippen molar-refractivity contribution in [1.29, 1.82) is 0 Å². The van der Waals surface area contributed by atoms with Crippen molar-refractivity contribution in [3.8, 4) is 0 Å². The number of hydrogen-bond acceptors (Lipinski definition) is 3. The van der Waals surface area contributed by atoms with Gasteiger partial charge in [-0.2, -0.15) is 0 Å². The van der Waals surface area contributed by atoms with E-state index >= 15 is 0 Å². The van der Waals surface area contributed by atoms with E-state index in [4.69, 9.17) is 10.5 Å². The first-order valence-electron chi connectivity index (χ1n) is 12.0. The van der Waals surface area contributed by atoms with Crippen LogP contribution in [0.5, 0.6) is 0 Å². The number of carbonyl (C=O) groups is 2. The monoisotopic (exact) mass is 539 g/mol. The number of hydrogen-bond donors (Lipinski definition) is 1. The Morgan fingerprint density at radius 2 is 1.63 bits per heavy atom. The van der Waals surface area contributed by atoms with Crippen molar-refractivity contribution in [2.75, 3.05) is 0 Å². The Labute approximate surface area is 217 Å². The molecule has 1 heterocycles. The highest BCUT2D eigenvalue weighted by Gasteiger charge is 2.51. The molecule has 1 fully saturated rings. The van der Waals surface area contributed by atoms with Crippen molar-refractivity contribution in [3.05, 3.63) is 90.0 Å². The fourth-order valence-corrected chi connectivity index (χ4v) is 5.64. The summed E-state index contributed by atoms with van der Waals surface area (Å²) in [4.78, 5) is 25.5. The van der Waals surface area contributed by atoms with E-state index in [0.717, 1.165) is 36.2 Å². The average Bonchev–Trinajstić information content (AvgIpc) is 3.42. The van der Waals surface area contributed by atoms with Crippen LogP contribution < -0.4 is 27.3 Å². The third kappa shape index (κ3) is 5.20. The van der Waals surface area contributed by atoms with Crippen molar-refractivity contribution in [2.24, 2.45) is 11.7 Å². The minimum atomic E-state index is -0.893. The quantitative estimate of drug-likeness (QED) is 0.340. The number of imidazole rings is 1. The number of aromatic nitrogens is 2. The van der Waals surface area contributed by atoms with E-state index in [9.17, 15) is 9.59 Å². The molecule has 2 unspecified atom stereocenters. The van der Waals surface area contributed by atoms with Gasteiger partial charge in [-0.3, -0.25) is 4.79 Å². The number of primary amides is 1. The molecular formula is C28H34BrN3O3. The van der Waals surface area contributed by atoms with Gasteiger partial charge in [0.2, 0.25) is 5.91 Å². The van der Waals surface area contributed by atoms with E-state index in [2.05, 4.69) is 4.57 Å². The summed E-state index contributed by atoms with van der Waals surface area (Å²) in [6, 6.07) is 20.1. The highest BCUT2D eigenvalue weighted by atomic mass is 79.9. The van der Waals surface area contributed by atoms with Crippen molar-refractivity contribution in [3.63, 3.8) is 0 Å². The molecular weight excluding hydrogens is 506 g/mol. The second-order valence-corrected chi connectivity index (χ2v) is 9.49. The largest absolute Gasteiger partial charge is 1.00 e. The number of halogens is 1. The van der Waals surface area contributed by atoms with Crippen molar-refractivity contribution in [2.45, 2.75) is 64.1 Å². The average molecular weight is 541 g/mol. The second-order valence-electron chi connectivity index (χ2n) is 9.49. The summed E-state index contributed by atoms with van der Waals surface area (Å²) >= 11 is 0. The van der Waals surface area contributed by atoms with E-state index in [-0.39, 0.29) is 53.5 Å². The second kappa shape index (κ2) is 11.2. The smallest absolute Gasteiger partial charge is 0.348 e.